The van der Waals surface area contributed by atoms with Crippen LogP contribution < -0.4 is 10.6 Å². The predicted octanol–water partition coefficient (Wildman–Crippen LogP) is 1.20. The number of morpholine rings is 1. The van der Waals surface area contributed by atoms with Gasteiger partial charge in [0.05, 0.1) is 12.7 Å². The van der Waals surface area contributed by atoms with Crippen molar-refractivity contribution in [3.05, 3.63) is 0 Å². The van der Waals surface area contributed by atoms with E-state index in [1.54, 1.807) is 0 Å². The largest absolute Gasteiger partial charge is 0.373 e. The van der Waals surface area contributed by atoms with Gasteiger partial charge in [-0.05, 0) is 25.8 Å². The Kier molecular flexibility index (Phi) is 6.60. The Morgan fingerprint density at radius 3 is 3.05 bits per heavy atom. The van der Waals surface area contributed by atoms with Crippen molar-refractivity contribution in [2.45, 2.75) is 51.2 Å². The van der Waals surface area contributed by atoms with Crippen LogP contribution in [0.1, 0.15) is 39.0 Å². The van der Waals surface area contributed by atoms with Crippen LogP contribution in [-0.4, -0.2) is 62.8 Å². The number of hydrogen-bond acceptors (Lipinski definition) is 3. The van der Waals surface area contributed by atoms with E-state index in [1.807, 2.05) is 7.05 Å². The Labute approximate surface area is 123 Å². The molecule has 2 aliphatic rings. The first kappa shape index (κ1) is 15.6. The monoisotopic (exact) mass is 282 g/mol. The minimum absolute atomic E-state index is 0.290. The van der Waals surface area contributed by atoms with Crippen molar-refractivity contribution in [2.24, 2.45) is 4.99 Å². The van der Waals surface area contributed by atoms with Crippen molar-refractivity contribution in [3.8, 4) is 0 Å². The average molecular weight is 282 g/mol. The number of unbranched alkanes of at least 4 members (excludes halogenated alkanes) is 2. The molecule has 5 nitrogen and oxygen atoms in total. The second kappa shape index (κ2) is 8.47. The summed E-state index contributed by atoms with van der Waals surface area (Å²) in [6.45, 7) is 7.26. The van der Waals surface area contributed by atoms with Gasteiger partial charge in [-0.2, -0.15) is 0 Å². The Hall–Kier alpha value is -0.810. The molecule has 2 aliphatic heterocycles. The number of nitrogens with one attached hydrogen (secondary N) is 2. The minimum atomic E-state index is 0.290. The van der Waals surface area contributed by atoms with Gasteiger partial charge in [0, 0.05) is 32.7 Å². The summed E-state index contributed by atoms with van der Waals surface area (Å²) in [5.41, 5.74) is 0. The molecule has 0 aliphatic carbocycles. The van der Waals surface area contributed by atoms with Crippen molar-refractivity contribution < 1.29 is 4.74 Å². The quantitative estimate of drug-likeness (QED) is 0.437. The summed E-state index contributed by atoms with van der Waals surface area (Å²) in [4.78, 5) is 6.84. The zero-order valence-corrected chi connectivity index (χ0v) is 13.0. The van der Waals surface area contributed by atoms with Crippen molar-refractivity contribution >= 4 is 5.96 Å². The fourth-order valence-corrected chi connectivity index (χ4v) is 3.02. The standard InChI is InChI=1S/C15H30N4O/c1-3-4-5-8-17-15(16-2)18-10-14-11-19-9-6-7-13(19)12-20-14/h13-14H,3-12H2,1-2H3,(H2,16,17,18). The topological polar surface area (TPSA) is 48.9 Å². The van der Waals surface area contributed by atoms with E-state index >= 15 is 0 Å². The van der Waals surface area contributed by atoms with Crippen LogP contribution in [0.15, 0.2) is 4.99 Å². The van der Waals surface area contributed by atoms with Gasteiger partial charge in [-0.15, -0.1) is 0 Å². The molecule has 0 saturated carbocycles. The summed E-state index contributed by atoms with van der Waals surface area (Å²) >= 11 is 0. The molecule has 2 N–H and O–H groups in total. The van der Waals surface area contributed by atoms with Gasteiger partial charge in [0.1, 0.15) is 0 Å². The van der Waals surface area contributed by atoms with Gasteiger partial charge in [0.2, 0.25) is 0 Å². The second-order valence-electron chi connectivity index (χ2n) is 5.83. The zero-order valence-electron chi connectivity index (χ0n) is 13.0. The number of rotatable bonds is 6. The van der Waals surface area contributed by atoms with Crippen molar-refractivity contribution in [3.63, 3.8) is 0 Å². The lowest BCUT2D eigenvalue weighted by molar-refractivity contribution is -0.0453. The van der Waals surface area contributed by atoms with Crippen molar-refractivity contribution in [1.82, 2.24) is 15.5 Å². The molecule has 0 aromatic carbocycles. The van der Waals surface area contributed by atoms with Crippen LogP contribution >= 0.6 is 0 Å². The Morgan fingerprint density at radius 2 is 2.25 bits per heavy atom. The van der Waals surface area contributed by atoms with Crippen LogP contribution in [-0.2, 0) is 4.74 Å². The molecule has 0 bridgehead atoms. The van der Waals surface area contributed by atoms with Gasteiger partial charge in [-0.3, -0.25) is 9.89 Å². The molecule has 2 unspecified atom stereocenters. The lowest BCUT2D eigenvalue weighted by Gasteiger charge is -2.35. The van der Waals surface area contributed by atoms with Crippen LogP contribution in [0, 0.1) is 0 Å². The third kappa shape index (κ3) is 4.63. The van der Waals surface area contributed by atoms with E-state index in [4.69, 9.17) is 4.74 Å². The molecule has 5 heteroatoms. The molecule has 2 heterocycles. The molecule has 116 valence electrons. The lowest BCUT2D eigenvalue weighted by atomic mass is 10.2. The van der Waals surface area contributed by atoms with E-state index in [1.165, 1.54) is 38.6 Å². The maximum Gasteiger partial charge on any atom is 0.191 e. The van der Waals surface area contributed by atoms with Gasteiger partial charge in [0.25, 0.3) is 0 Å². The minimum Gasteiger partial charge on any atom is -0.373 e. The van der Waals surface area contributed by atoms with Crippen molar-refractivity contribution in [1.29, 1.82) is 0 Å². The van der Waals surface area contributed by atoms with Crippen LogP contribution in [0.2, 0.25) is 0 Å². The molecular weight excluding hydrogens is 252 g/mol. The first-order valence-corrected chi connectivity index (χ1v) is 8.13. The lowest BCUT2D eigenvalue weighted by Crippen LogP contribution is -2.51. The first-order chi connectivity index (χ1) is 9.83. The highest BCUT2D eigenvalue weighted by Crippen LogP contribution is 2.22. The number of ether oxygens (including phenoxy) is 1. The summed E-state index contributed by atoms with van der Waals surface area (Å²) in [6, 6.07) is 0.678. The molecule has 0 amide bonds. The number of guanidine groups is 1. The Bertz CT molecular complexity index is 308. The maximum atomic E-state index is 5.94. The summed E-state index contributed by atoms with van der Waals surface area (Å²) in [5, 5.41) is 6.74. The van der Waals surface area contributed by atoms with Crippen molar-refractivity contribution in [2.75, 3.05) is 39.8 Å². The summed E-state index contributed by atoms with van der Waals surface area (Å²) in [6.07, 6.45) is 6.65. The van der Waals surface area contributed by atoms with E-state index in [0.717, 1.165) is 32.2 Å². The highest BCUT2D eigenvalue weighted by molar-refractivity contribution is 5.79. The molecular formula is C15H30N4O. The number of hydrogen-bond donors (Lipinski definition) is 2. The molecule has 2 rings (SSSR count). The van der Waals surface area contributed by atoms with Crippen LogP contribution in [0.5, 0.6) is 0 Å². The predicted molar refractivity (Wildman–Crippen MR) is 83.2 cm³/mol. The SMILES string of the molecule is CCCCCNC(=NC)NCC1CN2CCCC2CO1. The molecule has 0 spiro atoms. The molecule has 20 heavy (non-hydrogen) atoms. The highest BCUT2D eigenvalue weighted by atomic mass is 16.5. The van der Waals surface area contributed by atoms with E-state index < -0.39 is 0 Å². The maximum absolute atomic E-state index is 5.94. The van der Waals surface area contributed by atoms with E-state index in [9.17, 15) is 0 Å². The Balaban J connectivity index is 1.63. The third-order valence-electron chi connectivity index (χ3n) is 4.26. The molecule has 2 fully saturated rings. The fourth-order valence-electron chi connectivity index (χ4n) is 3.02. The molecule has 2 saturated heterocycles. The summed E-state index contributed by atoms with van der Waals surface area (Å²) < 4.78 is 5.94. The zero-order chi connectivity index (χ0) is 14.2. The molecule has 2 atom stereocenters. The van der Waals surface area contributed by atoms with Crippen LogP contribution in [0.4, 0.5) is 0 Å². The van der Waals surface area contributed by atoms with E-state index in [-0.39, 0.29) is 0 Å². The number of nitrogens with zero attached hydrogens (tertiary/aromatic N) is 2. The normalized spacial score (nSPS) is 27.4. The highest BCUT2D eigenvalue weighted by Gasteiger charge is 2.31. The smallest absolute Gasteiger partial charge is 0.191 e. The molecule has 0 aromatic rings. The van der Waals surface area contributed by atoms with E-state index in [2.05, 4.69) is 27.4 Å². The van der Waals surface area contributed by atoms with Gasteiger partial charge in [-0.1, -0.05) is 19.8 Å². The average Bonchev–Trinajstić information content (AvgIpc) is 2.94. The fraction of sp³-hybridized carbons (Fsp3) is 0.933. The summed E-state index contributed by atoms with van der Waals surface area (Å²) in [7, 11) is 1.83. The van der Waals surface area contributed by atoms with Crippen LogP contribution in [0.3, 0.4) is 0 Å². The first-order valence-electron chi connectivity index (χ1n) is 8.13. The van der Waals surface area contributed by atoms with Gasteiger partial charge in [0.15, 0.2) is 5.96 Å². The molecule has 0 radical (unpaired) electrons. The number of aliphatic imine (C=N–C) groups is 1. The van der Waals surface area contributed by atoms with Crippen LogP contribution in [0.25, 0.3) is 0 Å². The van der Waals surface area contributed by atoms with Gasteiger partial charge in [-0.25, -0.2) is 0 Å². The molecule has 0 aromatic heterocycles. The van der Waals surface area contributed by atoms with E-state index in [0.29, 0.717) is 12.1 Å². The van der Waals surface area contributed by atoms with Gasteiger partial charge < -0.3 is 15.4 Å². The summed E-state index contributed by atoms with van der Waals surface area (Å²) in [5.74, 6) is 0.897. The second-order valence-corrected chi connectivity index (χ2v) is 5.83. The number of fused-ring (bicyclic) bond motifs is 1. The Morgan fingerprint density at radius 1 is 1.35 bits per heavy atom. The third-order valence-corrected chi connectivity index (χ3v) is 4.26. The van der Waals surface area contributed by atoms with Gasteiger partial charge >= 0.3 is 0 Å².